The first-order chi connectivity index (χ1) is 11.3. The molecule has 112 valence electrons. The highest BCUT2D eigenvalue weighted by Crippen LogP contribution is 2.37. The van der Waals surface area contributed by atoms with E-state index in [1.165, 1.54) is 0 Å². The van der Waals surface area contributed by atoms with Crippen molar-refractivity contribution in [3.8, 4) is 34.5 Å². The van der Waals surface area contributed by atoms with Crippen molar-refractivity contribution in [3.63, 3.8) is 0 Å². The number of aryl methyl sites for hydroxylation is 1. The van der Waals surface area contributed by atoms with E-state index in [-0.39, 0.29) is 12.5 Å². The van der Waals surface area contributed by atoms with Gasteiger partial charge < -0.3 is 9.47 Å². The molecule has 0 spiro atoms. The van der Waals surface area contributed by atoms with E-state index in [1.54, 1.807) is 4.68 Å². The van der Waals surface area contributed by atoms with Crippen LogP contribution in [-0.4, -0.2) is 21.8 Å². The lowest BCUT2D eigenvalue weighted by atomic mass is 10.1. The molecule has 0 unspecified atom stereocenters. The summed E-state index contributed by atoms with van der Waals surface area (Å²) in [6.45, 7) is 2.21. The van der Waals surface area contributed by atoms with Crippen molar-refractivity contribution >= 4 is 0 Å². The SMILES string of the molecule is Cc1cccc(-n2nnc(C#N)c2-c2ccc3c(c2)OCO3)c1. The van der Waals surface area contributed by atoms with Crippen molar-refractivity contribution in [2.45, 2.75) is 6.92 Å². The van der Waals surface area contributed by atoms with Crippen molar-refractivity contribution in [1.82, 2.24) is 15.0 Å². The van der Waals surface area contributed by atoms with Gasteiger partial charge in [0.15, 0.2) is 17.2 Å². The predicted molar refractivity (Wildman–Crippen MR) is 82.4 cm³/mol. The van der Waals surface area contributed by atoms with E-state index < -0.39 is 0 Å². The first kappa shape index (κ1) is 13.3. The van der Waals surface area contributed by atoms with Gasteiger partial charge in [-0.05, 0) is 42.8 Å². The van der Waals surface area contributed by atoms with Crippen LogP contribution in [0.2, 0.25) is 0 Å². The number of ether oxygens (including phenoxy) is 2. The molecule has 0 bridgehead atoms. The van der Waals surface area contributed by atoms with Crippen molar-refractivity contribution in [2.24, 2.45) is 0 Å². The number of nitrogens with zero attached hydrogens (tertiary/aromatic N) is 4. The Labute approximate surface area is 132 Å². The molecule has 6 heteroatoms. The Bertz CT molecular complexity index is 940. The molecule has 1 aromatic heterocycles. The Morgan fingerprint density at radius 1 is 1.13 bits per heavy atom. The first-order valence-corrected chi connectivity index (χ1v) is 7.09. The highest BCUT2D eigenvalue weighted by Gasteiger charge is 2.20. The second-order valence-corrected chi connectivity index (χ2v) is 5.22. The van der Waals surface area contributed by atoms with Crippen molar-refractivity contribution in [2.75, 3.05) is 6.79 Å². The van der Waals surface area contributed by atoms with E-state index in [0.717, 1.165) is 16.8 Å². The van der Waals surface area contributed by atoms with Crippen molar-refractivity contribution < 1.29 is 9.47 Å². The third-order valence-electron chi connectivity index (χ3n) is 3.67. The summed E-state index contributed by atoms with van der Waals surface area (Å²) in [5, 5.41) is 17.5. The zero-order chi connectivity index (χ0) is 15.8. The molecule has 2 heterocycles. The minimum atomic E-state index is 0.208. The molecule has 0 radical (unpaired) electrons. The summed E-state index contributed by atoms with van der Waals surface area (Å²) in [6.07, 6.45) is 0. The van der Waals surface area contributed by atoms with Crippen LogP contribution in [0, 0.1) is 18.3 Å². The Kier molecular flexibility index (Phi) is 2.98. The van der Waals surface area contributed by atoms with Crippen LogP contribution in [0.4, 0.5) is 0 Å². The Balaban J connectivity index is 1.91. The van der Waals surface area contributed by atoms with Gasteiger partial charge in [-0.25, -0.2) is 4.68 Å². The smallest absolute Gasteiger partial charge is 0.231 e. The highest BCUT2D eigenvalue weighted by molar-refractivity contribution is 5.70. The Hall–Kier alpha value is -3.33. The molecule has 1 aliphatic rings. The molecule has 23 heavy (non-hydrogen) atoms. The van der Waals surface area contributed by atoms with Gasteiger partial charge in [-0.1, -0.05) is 17.3 Å². The highest BCUT2D eigenvalue weighted by atomic mass is 16.7. The summed E-state index contributed by atoms with van der Waals surface area (Å²) in [7, 11) is 0. The second-order valence-electron chi connectivity index (χ2n) is 5.22. The van der Waals surface area contributed by atoms with Gasteiger partial charge in [0.25, 0.3) is 0 Å². The molecule has 0 aliphatic carbocycles. The van der Waals surface area contributed by atoms with Crippen LogP contribution in [0.1, 0.15) is 11.3 Å². The van der Waals surface area contributed by atoms with Crippen LogP contribution in [-0.2, 0) is 0 Å². The van der Waals surface area contributed by atoms with Gasteiger partial charge in [0.2, 0.25) is 6.79 Å². The van der Waals surface area contributed by atoms with Crippen molar-refractivity contribution in [3.05, 3.63) is 53.7 Å². The molecule has 0 fully saturated rings. The Morgan fingerprint density at radius 3 is 2.83 bits per heavy atom. The maximum absolute atomic E-state index is 9.37. The minimum absolute atomic E-state index is 0.208. The summed E-state index contributed by atoms with van der Waals surface area (Å²) in [4.78, 5) is 0. The van der Waals surface area contributed by atoms with Gasteiger partial charge in [-0.2, -0.15) is 5.26 Å². The molecule has 3 aromatic rings. The lowest BCUT2D eigenvalue weighted by molar-refractivity contribution is 0.174. The minimum Gasteiger partial charge on any atom is -0.454 e. The number of hydrogen-bond donors (Lipinski definition) is 0. The van der Waals surface area contributed by atoms with E-state index in [9.17, 15) is 5.26 Å². The molecule has 4 rings (SSSR count). The van der Waals surface area contributed by atoms with Crippen LogP contribution in [0.3, 0.4) is 0 Å². The van der Waals surface area contributed by atoms with Crippen molar-refractivity contribution in [1.29, 1.82) is 5.26 Å². The maximum atomic E-state index is 9.37. The van der Waals surface area contributed by atoms with Gasteiger partial charge in [0.05, 0.1) is 5.69 Å². The third kappa shape index (κ3) is 2.19. The molecule has 0 atom stereocenters. The number of benzene rings is 2. The fourth-order valence-electron chi connectivity index (χ4n) is 2.60. The number of nitriles is 1. The average Bonchev–Trinajstić information content (AvgIpc) is 3.20. The van der Waals surface area contributed by atoms with E-state index in [4.69, 9.17) is 9.47 Å². The van der Waals surface area contributed by atoms with Crippen LogP contribution in [0.15, 0.2) is 42.5 Å². The topological polar surface area (TPSA) is 73.0 Å². The molecular formula is C17H12N4O2. The number of aromatic nitrogens is 3. The lowest BCUT2D eigenvalue weighted by Crippen LogP contribution is -2.00. The summed E-state index contributed by atoms with van der Waals surface area (Å²) >= 11 is 0. The molecule has 0 amide bonds. The van der Waals surface area contributed by atoms with Gasteiger partial charge in [-0.15, -0.1) is 5.10 Å². The summed E-state index contributed by atoms with van der Waals surface area (Å²) < 4.78 is 12.4. The fourth-order valence-corrected chi connectivity index (χ4v) is 2.60. The second kappa shape index (κ2) is 5.14. The van der Waals surface area contributed by atoms with E-state index in [0.29, 0.717) is 17.2 Å². The molecule has 0 N–H and O–H groups in total. The fraction of sp³-hybridized carbons (Fsp3) is 0.118. The van der Waals surface area contributed by atoms with E-state index in [2.05, 4.69) is 16.4 Å². The first-order valence-electron chi connectivity index (χ1n) is 7.09. The zero-order valence-corrected chi connectivity index (χ0v) is 12.4. The quantitative estimate of drug-likeness (QED) is 0.728. The van der Waals surface area contributed by atoms with E-state index >= 15 is 0 Å². The normalized spacial score (nSPS) is 12.2. The average molecular weight is 304 g/mol. The van der Waals surface area contributed by atoms with Crippen LogP contribution in [0.5, 0.6) is 11.5 Å². The standard InChI is InChI=1S/C17H12N4O2/c1-11-3-2-4-13(7-11)21-17(14(9-18)19-20-21)12-5-6-15-16(8-12)23-10-22-15/h2-8H,10H2,1H3. The third-order valence-corrected chi connectivity index (χ3v) is 3.67. The summed E-state index contributed by atoms with van der Waals surface area (Å²) in [5.74, 6) is 1.35. The van der Waals surface area contributed by atoms with Crippen LogP contribution >= 0.6 is 0 Å². The monoisotopic (exact) mass is 304 g/mol. The molecule has 6 nitrogen and oxygen atoms in total. The van der Waals surface area contributed by atoms with Gasteiger partial charge in [0, 0.05) is 5.56 Å². The van der Waals surface area contributed by atoms with Gasteiger partial charge in [0.1, 0.15) is 11.8 Å². The molecule has 2 aromatic carbocycles. The van der Waals surface area contributed by atoms with Gasteiger partial charge in [-0.3, -0.25) is 0 Å². The zero-order valence-electron chi connectivity index (χ0n) is 12.4. The van der Waals surface area contributed by atoms with E-state index in [1.807, 2.05) is 49.4 Å². The summed E-state index contributed by atoms with van der Waals surface area (Å²) in [6, 6.07) is 15.5. The largest absolute Gasteiger partial charge is 0.454 e. The lowest BCUT2D eigenvalue weighted by Gasteiger charge is -2.08. The summed E-state index contributed by atoms with van der Waals surface area (Å²) in [5.41, 5.74) is 3.67. The predicted octanol–water partition coefficient (Wildman–Crippen LogP) is 2.84. The number of rotatable bonds is 2. The Morgan fingerprint density at radius 2 is 2.00 bits per heavy atom. The molecule has 1 aliphatic heterocycles. The van der Waals surface area contributed by atoms with Gasteiger partial charge >= 0.3 is 0 Å². The van der Waals surface area contributed by atoms with Crippen LogP contribution in [0.25, 0.3) is 16.9 Å². The maximum Gasteiger partial charge on any atom is 0.231 e. The number of hydrogen-bond acceptors (Lipinski definition) is 5. The molecule has 0 saturated carbocycles. The van der Waals surface area contributed by atoms with Crippen LogP contribution < -0.4 is 9.47 Å². The number of fused-ring (bicyclic) bond motifs is 1. The molecule has 0 saturated heterocycles. The molecular weight excluding hydrogens is 292 g/mol.